The Kier molecular flexibility index (Phi) is 5.36. The Balaban J connectivity index is 1.43. The number of hydrogen-bond donors (Lipinski definition) is 0. The maximum Gasteiger partial charge on any atom is 0.252 e. The van der Waals surface area contributed by atoms with Crippen LogP contribution >= 0.6 is 0 Å². The minimum Gasteiger partial charge on any atom is -0.475 e. The van der Waals surface area contributed by atoms with E-state index < -0.39 is 0 Å². The van der Waals surface area contributed by atoms with Crippen molar-refractivity contribution in [2.24, 2.45) is 5.92 Å². The number of ether oxygens (including phenoxy) is 2. The van der Waals surface area contributed by atoms with E-state index in [1.54, 1.807) is 0 Å². The molecular formula is C13H21NO3. The summed E-state index contributed by atoms with van der Waals surface area (Å²) in [4.78, 5) is 3.88. The predicted octanol–water partition coefficient (Wildman–Crippen LogP) is 3.04. The van der Waals surface area contributed by atoms with Gasteiger partial charge in [0, 0.05) is 19.6 Å². The van der Waals surface area contributed by atoms with Crippen molar-refractivity contribution in [2.45, 2.75) is 38.5 Å². The molecule has 0 unspecified atom stereocenters. The number of oxazole rings is 1. The number of aromatic nitrogens is 1. The Morgan fingerprint density at radius 3 is 2.88 bits per heavy atom. The molecular weight excluding hydrogens is 218 g/mol. The first-order chi connectivity index (χ1) is 8.45. The van der Waals surface area contributed by atoms with Crippen molar-refractivity contribution in [3.05, 3.63) is 12.7 Å². The molecule has 0 radical (unpaired) electrons. The minimum atomic E-state index is 0.553. The van der Waals surface area contributed by atoms with Crippen molar-refractivity contribution in [1.29, 1.82) is 0 Å². The molecule has 1 aromatic rings. The standard InChI is InChI=1S/C13H21NO3/c1-2-5-12(6-3-1)9-15-7-4-8-17-13-10-16-11-14-13/h10-12H,1-9H2. The van der Waals surface area contributed by atoms with E-state index in [0.717, 1.165) is 25.6 Å². The highest BCUT2D eigenvalue weighted by molar-refractivity contribution is 4.97. The Morgan fingerprint density at radius 2 is 2.12 bits per heavy atom. The summed E-state index contributed by atoms with van der Waals surface area (Å²) >= 11 is 0. The lowest BCUT2D eigenvalue weighted by molar-refractivity contribution is 0.0762. The third-order valence-corrected chi connectivity index (χ3v) is 3.17. The van der Waals surface area contributed by atoms with Gasteiger partial charge in [-0.15, -0.1) is 0 Å². The maximum absolute atomic E-state index is 5.67. The summed E-state index contributed by atoms with van der Waals surface area (Å²) < 4.78 is 15.8. The smallest absolute Gasteiger partial charge is 0.252 e. The molecule has 0 N–H and O–H groups in total. The van der Waals surface area contributed by atoms with Crippen LogP contribution in [-0.4, -0.2) is 24.8 Å². The lowest BCUT2D eigenvalue weighted by Gasteiger charge is -2.21. The van der Waals surface area contributed by atoms with Gasteiger partial charge in [0.15, 0.2) is 12.7 Å². The predicted molar refractivity (Wildman–Crippen MR) is 64.0 cm³/mol. The summed E-state index contributed by atoms with van der Waals surface area (Å²) in [5.74, 6) is 1.34. The highest BCUT2D eigenvalue weighted by Gasteiger charge is 2.12. The summed E-state index contributed by atoms with van der Waals surface area (Å²) in [6.45, 7) is 2.33. The van der Waals surface area contributed by atoms with E-state index in [0.29, 0.717) is 12.5 Å². The quantitative estimate of drug-likeness (QED) is 0.686. The molecule has 1 saturated carbocycles. The number of rotatable bonds is 7. The molecule has 1 aromatic heterocycles. The van der Waals surface area contributed by atoms with Crippen LogP contribution in [0, 0.1) is 5.92 Å². The molecule has 0 atom stereocenters. The van der Waals surface area contributed by atoms with E-state index in [9.17, 15) is 0 Å². The average molecular weight is 239 g/mol. The molecule has 96 valence electrons. The van der Waals surface area contributed by atoms with Crippen LogP contribution < -0.4 is 4.74 Å². The second-order valence-corrected chi connectivity index (χ2v) is 4.61. The largest absolute Gasteiger partial charge is 0.475 e. The van der Waals surface area contributed by atoms with Gasteiger partial charge in [0.05, 0.1) is 6.61 Å². The molecule has 4 nitrogen and oxygen atoms in total. The van der Waals surface area contributed by atoms with E-state index >= 15 is 0 Å². The summed E-state index contributed by atoms with van der Waals surface area (Å²) in [7, 11) is 0. The fourth-order valence-corrected chi connectivity index (χ4v) is 2.21. The van der Waals surface area contributed by atoms with E-state index in [-0.39, 0.29) is 0 Å². The molecule has 0 amide bonds. The molecule has 1 aliphatic rings. The SMILES string of the molecule is c1nc(OCCCOCC2CCCCC2)co1. The van der Waals surface area contributed by atoms with Gasteiger partial charge < -0.3 is 13.9 Å². The Morgan fingerprint density at radius 1 is 1.24 bits per heavy atom. The Labute approximate surface area is 102 Å². The van der Waals surface area contributed by atoms with Crippen molar-refractivity contribution >= 4 is 0 Å². The average Bonchev–Trinajstić information content (AvgIpc) is 2.88. The van der Waals surface area contributed by atoms with Gasteiger partial charge in [0.2, 0.25) is 0 Å². The number of nitrogens with zero attached hydrogens (tertiary/aromatic N) is 1. The summed E-state index contributed by atoms with van der Waals surface area (Å²) in [6, 6.07) is 0. The first-order valence-electron chi connectivity index (χ1n) is 6.54. The van der Waals surface area contributed by atoms with Crippen LogP contribution in [0.2, 0.25) is 0 Å². The van der Waals surface area contributed by atoms with Gasteiger partial charge in [0.25, 0.3) is 5.88 Å². The van der Waals surface area contributed by atoms with Crippen LogP contribution in [0.1, 0.15) is 38.5 Å². The molecule has 2 rings (SSSR count). The Hall–Kier alpha value is -1.03. The zero-order valence-electron chi connectivity index (χ0n) is 10.3. The monoisotopic (exact) mass is 239 g/mol. The van der Waals surface area contributed by atoms with Crippen molar-refractivity contribution in [3.63, 3.8) is 0 Å². The van der Waals surface area contributed by atoms with Crippen LogP contribution in [0.25, 0.3) is 0 Å². The fraction of sp³-hybridized carbons (Fsp3) is 0.769. The highest BCUT2D eigenvalue weighted by atomic mass is 16.5. The van der Waals surface area contributed by atoms with Gasteiger partial charge in [-0.3, -0.25) is 0 Å². The molecule has 1 aliphatic carbocycles. The molecule has 0 bridgehead atoms. The third kappa shape index (κ3) is 4.77. The molecule has 1 fully saturated rings. The first kappa shape index (κ1) is 12.4. The van der Waals surface area contributed by atoms with Gasteiger partial charge >= 0.3 is 0 Å². The second-order valence-electron chi connectivity index (χ2n) is 4.61. The zero-order valence-corrected chi connectivity index (χ0v) is 10.3. The number of hydrogen-bond acceptors (Lipinski definition) is 4. The summed E-state index contributed by atoms with van der Waals surface area (Å²) in [5, 5.41) is 0. The minimum absolute atomic E-state index is 0.553. The van der Waals surface area contributed by atoms with Gasteiger partial charge in [-0.25, -0.2) is 0 Å². The van der Waals surface area contributed by atoms with Crippen LogP contribution in [0.4, 0.5) is 0 Å². The lowest BCUT2D eigenvalue weighted by atomic mass is 9.90. The molecule has 1 heterocycles. The van der Waals surface area contributed by atoms with Crippen molar-refractivity contribution < 1.29 is 13.9 Å². The fourth-order valence-electron chi connectivity index (χ4n) is 2.21. The lowest BCUT2D eigenvalue weighted by Crippen LogP contribution is -2.14. The van der Waals surface area contributed by atoms with Crippen LogP contribution in [0.15, 0.2) is 17.1 Å². The van der Waals surface area contributed by atoms with Gasteiger partial charge in [0.1, 0.15) is 0 Å². The molecule has 0 aromatic carbocycles. The van der Waals surface area contributed by atoms with E-state index in [2.05, 4.69) is 4.98 Å². The zero-order chi connectivity index (χ0) is 11.8. The second kappa shape index (κ2) is 7.33. The van der Waals surface area contributed by atoms with E-state index in [4.69, 9.17) is 13.9 Å². The highest BCUT2D eigenvalue weighted by Crippen LogP contribution is 2.23. The van der Waals surface area contributed by atoms with Crippen LogP contribution in [0.3, 0.4) is 0 Å². The van der Waals surface area contributed by atoms with Gasteiger partial charge in [-0.05, 0) is 18.8 Å². The normalized spacial score (nSPS) is 17.2. The molecule has 0 spiro atoms. The van der Waals surface area contributed by atoms with E-state index in [1.807, 2.05) is 0 Å². The van der Waals surface area contributed by atoms with Gasteiger partial charge in [-0.2, -0.15) is 4.98 Å². The third-order valence-electron chi connectivity index (χ3n) is 3.17. The molecule has 17 heavy (non-hydrogen) atoms. The van der Waals surface area contributed by atoms with Crippen LogP contribution in [0.5, 0.6) is 5.88 Å². The molecule has 0 saturated heterocycles. The maximum atomic E-state index is 5.67. The van der Waals surface area contributed by atoms with Crippen molar-refractivity contribution in [3.8, 4) is 5.88 Å². The summed E-state index contributed by atoms with van der Waals surface area (Å²) in [5.41, 5.74) is 0. The summed E-state index contributed by atoms with van der Waals surface area (Å²) in [6.07, 6.45) is 10.6. The van der Waals surface area contributed by atoms with E-state index in [1.165, 1.54) is 44.8 Å². The van der Waals surface area contributed by atoms with Crippen molar-refractivity contribution in [1.82, 2.24) is 4.98 Å². The first-order valence-corrected chi connectivity index (χ1v) is 6.54. The molecule has 4 heteroatoms. The van der Waals surface area contributed by atoms with Crippen LogP contribution in [-0.2, 0) is 4.74 Å². The Bertz CT molecular complexity index is 281. The molecule has 0 aliphatic heterocycles. The van der Waals surface area contributed by atoms with Crippen molar-refractivity contribution in [2.75, 3.05) is 19.8 Å². The van der Waals surface area contributed by atoms with Gasteiger partial charge in [-0.1, -0.05) is 19.3 Å². The topological polar surface area (TPSA) is 44.5 Å².